The number of fused-ring (bicyclic) bond motifs is 1. The molecule has 0 atom stereocenters. The van der Waals surface area contributed by atoms with Crippen molar-refractivity contribution in [2.24, 2.45) is 0 Å². The number of amides is 1. The number of nitrogen functional groups attached to an aromatic ring is 1. The first-order valence-electron chi connectivity index (χ1n) is 6.51. The summed E-state index contributed by atoms with van der Waals surface area (Å²) in [5.74, 6) is -0.558. The highest BCUT2D eigenvalue weighted by molar-refractivity contribution is 7.90. The zero-order chi connectivity index (χ0) is 15.5. The van der Waals surface area contributed by atoms with Gasteiger partial charge in [-0.3, -0.25) is 4.79 Å². The van der Waals surface area contributed by atoms with Crippen molar-refractivity contribution in [3.63, 3.8) is 0 Å². The second kappa shape index (κ2) is 6.42. The van der Waals surface area contributed by atoms with Gasteiger partial charge in [0.1, 0.15) is 4.90 Å². The van der Waals surface area contributed by atoms with Crippen LogP contribution in [0.5, 0.6) is 0 Å². The summed E-state index contributed by atoms with van der Waals surface area (Å²) >= 11 is 0. The summed E-state index contributed by atoms with van der Waals surface area (Å²) in [6, 6.07) is 4.21. The van der Waals surface area contributed by atoms with Crippen LogP contribution in [0.25, 0.3) is 0 Å². The van der Waals surface area contributed by atoms with Gasteiger partial charge in [-0.15, -0.1) is 0 Å². The first-order chi connectivity index (χ1) is 9.98. The quantitative estimate of drug-likeness (QED) is 0.580. The van der Waals surface area contributed by atoms with Gasteiger partial charge in [0, 0.05) is 26.0 Å². The van der Waals surface area contributed by atoms with Gasteiger partial charge in [0.2, 0.25) is 0 Å². The molecule has 0 unspecified atom stereocenters. The monoisotopic (exact) mass is 314 g/mol. The van der Waals surface area contributed by atoms with E-state index in [1.54, 1.807) is 7.11 Å². The summed E-state index contributed by atoms with van der Waals surface area (Å²) in [7, 11) is -2.19. The second-order valence-electron chi connectivity index (χ2n) is 4.60. The van der Waals surface area contributed by atoms with E-state index in [1.165, 1.54) is 18.2 Å². The average molecular weight is 314 g/mol. The third kappa shape index (κ3) is 3.17. The predicted octanol–water partition coefficient (Wildman–Crippen LogP) is 0.466. The molecule has 1 amide bonds. The minimum Gasteiger partial charge on any atom is -0.399 e. The van der Waals surface area contributed by atoms with E-state index in [9.17, 15) is 13.2 Å². The lowest BCUT2D eigenvalue weighted by atomic mass is 10.2. The number of nitrogens with two attached hydrogens (primary N) is 1. The van der Waals surface area contributed by atoms with E-state index < -0.39 is 15.9 Å². The fraction of sp³-hybridized carbons (Fsp3) is 0.462. The summed E-state index contributed by atoms with van der Waals surface area (Å²) in [5.41, 5.74) is 6.07. The largest absolute Gasteiger partial charge is 0.399 e. The van der Waals surface area contributed by atoms with Crippen molar-refractivity contribution in [1.29, 1.82) is 0 Å². The third-order valence-corrected chi connectivity index (χ3v) is 4.94. The van der Waals surface area contributed by atoms with Crippen LogP contribution in [-0.2, 0) is 19.5 Å². The van der Waals surface area contributed by atoms with Crippen LogP contribution in [0, 0.1) is 0 Å². The van der Waals surface area contributed by atoms with Crippen LogP contribution in [0.15, 0.2) is 23.1 Å². The Morgan fingerprint density at radius 3 is 2.71 bits per heavy atom. The number of anilines is 1. The Balaban J connectivity index is 2.01. The third-order valence-electron chi connectivity index (χ3n) is 3.10. The van der Waals surface area contributed by atoms with Gasteiger partial charge in [0.05, 0.1) is 18.7 Å². The van der Waals surface area contributed by atoms with E-state index in [1.807, 2.05) is 0 Å². The van der Waals surface area contributed by atoms with E-state index in [2.05, 4.69) is 0 Å². The van der Waals surface area contributed by atoms with Crippen molar-refractivity contribution in [3.05, 3.63) is 23.8 Å². The zero-order valence-corrected chi connectivity index (χ0v) is 12.6. The lowest BCUT2D eigenvalue weighted by molar-refractivity contribution is 0.0756. The van der Waals surface area contributed by atoms with Crippen LogP contribution in [0.2, 0.25) is 0 Å². The molecular weight excluding hydrogens is 296 g/mol. The van der Waals surface area contributed by atoms with Crippen molar-refractivity contribution in [2.45, 2.75) is 11.3 Å². The fourth-order valence-corrected chi connectivity index (χ4v) is 3.61. The van der Waals surface area contributed by atoms with Crippen molar-refractivity contribution < 1.29 is 22.7 Å². The van der Waals surface area contributed by atoms with Gasteiger partial charge in [0.25, 0.3) is 15.9 Å². The molecule has 21 heavy (non-hydrogen) atoms. The summed E-state index contributed by atoms with van der Waals surface area (Å²) in [6.45, 7) is 1.17. The number of ether oxygens (including phenoxy) is 2. The Hall–Kier alpha value is -1.64. The number of nitrogens with zero attached hydrogens (tertiary/aromatic N) is 1. The number of methoxy groups -OCH3 is 1. The Bertz CT molecular complexity index is 629. The van der Waals surface area contributed by atoms with Crippen molar-refractivity contribution in [3.8, 4) is 0 Å². The molecule has 1 aliphatic heterocycles. The van der Waals surface area contributed by atoms with Crippen LogP contribution in [0.1, 0.15) is 16.8 Å². The van der Waals surface area contributed by atoms with Crippen molar-refractivity contribution >= 4 is 21.6 Å². The van der Waals surface area contributed by atoms with Gasteiger partial charge < -0.3 is 15.2 Å². The fourth-order valence-electron chi connectivity index (χ4n) is 2.08. The molecule has 0 radical (unpaired) electrons. The molecule has 1 heterocycles. The van der Waals surface area contributed by atoms with Crippen LogP contribution in [0.3, 0.4) is 0 Å². The molecule has 2 N–H and O–H groups in total. The predicted molar refractivity (Wildman–Crippen MR) is 76.4 cm³/mol. The summed E-state index contributed by atoms with van der Waals surface area (Å²) in [5, 5.41) is 0. The highest BCUT2D eigenvalue weighted by Crippen LogP contribution is 2.31. The van der Waals surface area contributed by atoms with Crippen molar-refractivity contribution in [2.75, 3.05) is 39.2 Å². The molecule has 8 heteroatoms. The van der Waals surface area contributed by atoms with Gasteiger partial charge >= 0.3 is 0 Å². The minimum atomic E-state index is -3.79. The molecule has 0 spiro atoms. The number of hydrogen-bond donors (Lipinski definition) is 1. The number of benzene rings is 1. The molecule has 1 aromatic carbocycles. The molecule has 2 rings (SSSR count). The normalized spacial score (nSPS) is 16.2. The molecule has 0 bridgehead atoms. The SMILES string of the molecule is COCCCOCCN1C(=O)c2cc(N)ccc2S1(=O)=O. The van der Waals surface area contributed by atoms with Crippen LogP contribution < -0.4 is 5.73 Å². The number of carbonyl (C=O) groups is 1. The summed E-state index contributed by atoms with van der Waals surface area (Å²) < 4.78 is 35.5. The first kappa shape index (κ1) is 15.7. The molecule has 1 aromatic rings. The van der Waals surface area contributed by atoms with Gasteiger partial charge in [-0.05, 0) is 24.6 Å². The van der Waals surface area contributed by atoms with Gasteiger partial charge in [0.15, 0.2) is 0 Å². The average Bonchev–Trinajstić information content (AvgIpc) is 2.62. The van der Waals surface area contributed by atoms with Gasteiger partial charge in [-0.2, -0.15) is 0 Å². The summed E-state index contributed by atoms with van der Waals surface area (Å²) in [4.78, 5) is 12.1. The van der Waals surface area contributed by atoms with Gasteiger partial charge in [-0.1, -0.05) is 0 Å². The standard InChI is InChI=1S/C13H18N2O5S/c1-19-6-2-7-20-8-5-15-13(16)11-9-10(14)3-4-12(11)21(15,17)18/h3-4,9H,2,5-8,14H2,1H3. The highest BCUT2D eigenvalue weighted by atomic mass is 32.2. The maximum atomic E-state index is 12.3. The Morgan fingerprint density at radius 1 is 1.24 bits per heavy atom. The number of rotatable bonds is 7. The molecule has 116 valence electrons. The van der Waals surface area contributed by atoms with E-state index in [0.29, 0.717) is 25.3 Å². The Labute approximate surface area is 123 Å². The smallest absolute Gasteiger partial charge is 0.269 e. The minimum absolute atomic E-state index is 0.00100. The topological polar surface area (TPSA) is 98.9 Å². The van der Waals surface area contributed by atoms with E-state index in [4.69, 9.17) is 15.2 Å². The first-order valence-corrected chi connectivity index (χ1v) is 7.96. The molecule has 0 fully saturated rings. The molecule has 7 nitrogen and oxygen atoms in total. The summed E-state index contributed by atoms with van der Waals surface area (Å²) in [6.07, 6.45) is 0.716. The highest BCUT2D eigenvalue weighted by Gasteiger charge is 2.40. The number of sulfonamides is 1. The zero-order valence-electron chi connectivity index (χ0n) is 11.7. The molecule has 0 saturated carbocycles. The van der Waals surface area contributed by atoms with E-state index in [-0.39, 0.29) is 23.6 Å². The lowest BCUT2D eigenvalue weighted by Crippen LogP contribution is -2.33. The Morgan fingerprint density at radius 2 is 2.00 bits per heavy atom. The lowest BCUT2D eigenvalue weighted by Gasteiger charge is -2.14. The van der Waals surface area contributed by atoms with Gasteiger partial charge in [-0.25, -0.2) is 12.7 Å². The van der Waals surface area contributed by atoms with Crippen LogP contribution in [-0.4, -0.2) is 52.1 Å². The van der Waals surface area contributed by atoms with Crippen molar-refractivity contribution in [1.82, 2.24) is 4.31 Å². The van der Waals surface area contributed by atoms with Crippen LogP contribution in [0.4, 0.5) is 5.69 Å². The molecule has 0 aromatic heterocycles. The number of hydrogen-bond acceptors (Lipinski definition) is 6. The van der Waals surface area contributed by atoms with E-state index >= 15 is 0 Å². The maximum absolute atomic E-state index is 12.3. The Kier molecular flexibility index (Phi) is 4.81. The molecular formula is C13H18N2O5S. The second-order valence-corrected chi connectivity index (χ2v) is 6.43. The molecule has 0 saturated heterocycles. The molecule has 1 aliphatic rings. The van der Waals surface area contributed by atoms with E-state index in [0.717, 1.165) is 4.31 Å². The van der Waals surface area contributed by atoms with Crippen LogP contribution >= 0.6 is 0 Å². The maximum Gasteiger partial charge on any atom is 0.269 e. The molecule has 0 aliphatic carbocycles. The number of carbonyl (C=O) groups excluding carboxylic acids is 1.